The third-order valence-electron chi connectivity index (χ3n) is 4.71. The van der Waals surface area contributed by atoms with E-state index in [1.807, 2.05) is 32.3 Å². The van der Waals surface area contributed by atoms with Gasteiger partial charge in [-0.3, -0.25) is 9.69 Å². The van der Waals surface area contributed by atoms with Crippen molar-refractivity contribution in [3.05, 3.63) is 40.4 Å². The van der Waals surface area contributed by atoms with Crippen LogP contribution in [0.25, 0.3) is 10.2 Å². The molecule has 0 aliphatic rings. The number of nitrogens with zero attached hydrogens (tertiary/aromatic N) is 3. The van der Waals surface area contributed by atoms with Crippen LogP contribution in [0.1, 0.15) is 16.8 Å². The van der Waals surface area contributed by atoms with E-state index >= 15 is 0 Å². The van der Waals surface area contributed by atoms with Gasteiger partial charge in [-0.2, -0.15) is 0 Å². The van der Waals surface area contributed by atoms with Gasteiger partial charge in [0.1, 0.15) is 0 Å². The summed E-state index contributed by atoms with van der Waals surface area (Å²) in [5, 5.41) is 0.658. The first kappa shape index (κ1) is 23.3. The maximum Gasteiger partial charge on any atom is 0.260 e. The van der Waals surface area contributed by atoms with Crippen molar-refractivity contribution < 1.29 is 19.0 Å². The number of amides is 1. The fourth-order valence-corrected chi connectivity index (χ4v) is 4.73. The average molecular weight is 508 g/mol. The number of thiazole rings is 1. The Balaban J connectivity index is 2.02. The monoisotopic (exact) mass is 507 g/mol. The van der Waals surface area contributed by atoms with E-state index in [2.05, 4.69) is 20.8 Å². The van der Waals surface area contributed by atoms with Crippen molar-refractivity contribution in [3.8, 4) is 17.2 Å². The van der Waals surface area contributed by atoms with E-state index in [1.165, 1.54) is 32.7 Å². The van der Waals surface area contributed by atoms with Gasteiger partial charge in [0.25, 0.3) is 5.91 Å². The van der Waals surface area contributed by atoms with Gasteiger partial charge in [0.15, 0.2) is 16.6 Å². The summed E-state index contributed by atoms with van der Waals surface area (Å²) in [5.41, 5.74) is 1.30. The van der Waals surface area contributed by atoms with E-state index in [9.17, 15) is 4.79 Å². The third-order valence-corrected chi connectivity index (χ3v) is 6.25. The Morgan fingerprint density at radius 2 is 1.71 bits per heavy atom. The summed E-state index contributed by atoms with van der Waals surface area (Å²) in [5.74, 6) is 1.15. The molecule has 0 fully saturated rings. The molecule has 0 atom stereocenters. The Labute approximate surface area is 194 Å². The fraction of sp³-hybridized carbons (Fsp3) is 0.364. The molecule has 0 spiro atoms. The molecule has 9 heteroatoms. The largest absolute Gasteiger partial charge is 0.493 e. The molecular weight excluding hydrogens is 482 g/mol. The average Bonchev–Trinajstić information content (AvgIpc) is 3.17. The summed E-state index contributed by atoms with van der Waals surface area (Å²) in [7, 11) is 8.63. The number of hydrogen-bond donors (Lipinski definition) is 0. The second-order valence-electron chi connectivity index (χ2n) is 7.14. The van der Waals surface area contributed by atoms with Crippen molar-refractivity contribution in [3.63, 3.8) is 0 Å². The minimum Gasteiger partial charge on any atom is -0.493 e. The lowest BCUT2D eigenvalue weighted by Gasteiger charge is -2.22. The van der Waals surface area contributed by atoms with E-state index in [0.29, 0.717) is 34.5 Å². The van der Waals surface area contributed by atoms with Gasteiger partial charge in [0, 0.05) is 16.6 Å². The number of ether oxygens (including phenoxy) is 3. The smallest absolute Gasteiger partial charge is 0.260 e. The third kappa shape index (κ3) is 5.28. The molecule has 0 bridgehead atoms. The highest BCUT2D eigenvalue weighted by atomic mass is 79.9. The summed E-state index contributed by atoms with van der Waals surface area (Å²) in [6.07, 6.45) is 0.808. The number of halogens is 1. The number of fused-ring (bicyclic) bond motifs is 1. The van der Waals surface area contributed by atoms with Crippen molar-refractivity contribution in [2.45, 2.75) is 6.42 Å². The minimum absolute atomic E-state index is 0.170. The topological polar surface area (TPSA) is 64.1 Å². The Morgan fingerprint density at radius 1 is 1.03 bits per heavy atom. The normalized spacial score (nSPS) is 11.1. The predicted octanol–water partition coefficient (Wildman–Crippen LogP) is 4.68. The van der Waals surface area contributed by atoms with Crippen LogP contribution in [-0.2, 0) is 0 Å². The maximum absolute atomic E-state index is 13.6. The lowest BCUT2D eigenvalue weighted by Crippen LogP contribution is -2.33. The molecule has 1 heterocycles. The van der Waals surface area contributed by atoms with Gasteiger partial charge >= 0.3 is 0 Å². The standard InChI is InChI=1S/C22H26BrN3O4S/c1-25(2)9-6-10-26(22-24-16-8-7-15(23)13-19(16)31-22)21(27)14-11-17(28-3)20(30-5)18(12-14)29-4/h7-8,11-13H,6,9-10H2,1-5H3. The van der Waals surface area contributed by atoms with Crippen LogP contribution in [0.15, 0.2) is 34.8 Å². The van der Waals surface area contributed by atoms with Crippen LogP contribution in [0, 0.1) is 0 Å². The number of anilines is 1. The van der Waals surface area contributed by atoms with Gasteiger partial charge < -0.3 is 19.1 Å². The van der Waals surface area contributed by atoms with Crippen molar-refractivity contribution in [1.29, 1.82) is 0 Å². The number of carbonyl (C=O) groups excluding carboxylic acids is 1. The van der Waals surface area contributed by atoms with E-state index < -0.39 is 0 Å². The first-order valence-corrected chi connectivity index (χ1v) is 11.3. The summed E-state index contributed by atoms with van der Waals surface area (Å²) in [4.78, 5) is 22.2. The molecule has 0 unspecified atom stereocenters. The van der Waals surface area contributed by atoms with Crippen LogP contribution in [0.4, 0.5) is 5.13 Å². The van der Waals surface area contributed by atoms with Gasteiger partial charge in [-0.05, 0) is 57.4 Å². The van der Waals surface area contributed by atoms with Crippen LogP contribution in [-0.4, -0.2) is 64.3 Å². The second kappa shape index (κ2) is 10.3. The Hall–Kier alpha value is -2.36. The molecule has 1 aromatic heterocycles. The van der Waals surface area contributed by atoms with Gasteiger partial charge in [0.2, 0.25) is 5.75 Å². The predicted molar refractivity (Wildman–Crippen MR) is 128 cm³/mol. The first-order valence-electron chi connectivity index (χ1n) is 9.70. The Kier molecular flexibility index (Phi) is 7.74. The molecule has 0 saturated carbocycles. The molecule has 0 aliphatic heterocycles. The van der Waals surface area contributed by atoms with Crippen molar-refractivity contribution >= 4 is 48.5 Å². The zero-order valence-corrected chi connectivity index (χ0v) is 20.7. The molecule has 0 aliphatic carbocycles. The molecule has 3 rings (SSSR count). The van der Waals surface area contributed by atoms with Crippen molar-refractivity contribution in [2.75, 3.05) is 53.4 Å². The second-order valence-corrected chi connectivity index (χ2v) is 9.06. The molecule has 0 radical (unpaired) electrons. The lowest BCUT2D eigenvalue weighted by molar-refractivity contribution is 0.0985. The highest BCUT2D eigenvalue weighted by molar-refractivity contribution is 9.10. The number of methoxy groups -OCH3 is 3. The molecule has 31 heavy (non-hydrogen) atoms. The van der Waals surface area contributed by atoms with Gasteiger partial charge in [-0.25, -0.2) is 4.98 Å². The van der Waals surface area contributed by atoms with Crippen LogP contribution in [0.2, 0.25) is 0 Å². The molecule has 1 amide bonds. The minimum atomic E-state index is -0.170. The van der Waals surface area contributed by atoms with Gasteiger partial charge in [-0.1, -0.05) is 27.3 Å². The quantitative estimate of drug-likeness (QED) is 0.418. The molecule has 2 aromatic carbocycles. The molecule has 7 nitrogen and oxygen atoms in total. The fourth-order valence-electron chi connectivity index (χ4n) is 3.19. The number of hydrogen-bond acceptors (Lipinski definition) is 7. The van der Waals surface area contributed by atoms with Crippen LogP contribution >= 0.6 is 27.3 Å². The summed E-state index contributed by atoms with van der Waals surface area (Å²) < 4.78 is 18.2. The number of carbonyl (C=O) groups is 1. The Morgan fingerprint density at radius 3 is 2.29 bits per heavy atom. The highest BCUT2D eigenvalue weighted by Gasteiger charge is 2.24. The van der Waals surface area contributed by atoms with Crippen LogP contribution < -0.4 is 19.1 Å². The van der Waals surface area contributed by atoms with E-state index in [0.717, 1.165) is 27.7 Å². The zero-order chi connectivity index (χ0) is 22.5. The van der Waals surface area contributed by atoms with E-state index in [-0.39, 0.29) is 5.91 Å². The SMILES string of the molecule is COc1cc(C(=O)N(CCCN(C)C)c2nc3ccc(Br)cc3s2)cc(OC)c1OC. The number of rotatable bonds is 9. The highest BCUT2D eigenvalue weighted by Crippen LogP contribution is 2.39. The van der Waals surface area contributed by atoms with Crippen LogP contribution in [0.3, 0.4) is 0 Å². The van der Waals surface area contributed by atoms with Crippen molar-refractivity contribution in [2.24, 2.45) is 0 Å². The molecule has 3 aromatic rings. The molecular formula is C22H26BrN3O4S. The van der Waals surface area contributed by atoms with Crippen molar-refractivity contribution in [1.82, 2.24) is 9.88 Å². The zero-order valence-electron chi connectivity index (χ0n) is 18.3. The molecule has 166 valence electrons. The lowest BCUT2D eigenvalue weighted by atomic mass is 10.1. The molecule has 0 saturated heterocycles. The summed E-state index contributed by atoms with van der Waals surface area (Å²) >= 11 is 4.99. The number of aromatic nitrogens is 1. The Bertz CT molecular complexity index is 1050. The number of benzene rings is 2. The maximum atomic E-state index is 13.6. The van der Waals surface area contributed by atoms with Gasteiger partial charge in [0.05, 0.1) is 31.5 Å². The van der Waals surface area contributed by atoms with E-state index in [4.69, 9.17) is 19.2 Å². The first-order chi connectivity index (χ1) is 14.9. The molecule has 0 N–H and O–H groups in total. The summed E-state index contributed by atoms with van der Waals surface area (Å²) in [6, 6.07) is 9.25. The van der Waals surface area contributed by atoms with E-state index in [1.54, 1.807) is 17.0 Å². The van der Waals surface area contributed by atoms with Gasteiger partial charge in [-0.15, -0.1) is 0 Å². The summed E-state index contributed by atoms with van der Waals surface area (Å²) in [6.45, 7) is 1.39. The van der Waals surface area contributed by atoms with Crippen LogP contribution in [0.5, 0.6) is 17.2 Å².